The fraction of sp³-hybridized carbons (Fsp3) is 0.643. The van der Waals surface area contributed by atoms with Crippen molar-refractivity contribution < 1.29 is 4.79 Å². The summed E-state index contributed by atoms with van der Waals surface area (Å²) in [6.45, 7) is 2.07. The molecular weight excluding hydrogens is 240 g/mol. The van der Waals surface area contributed by atoms with Crippen molar-refractivity contribution in [2.75, 3.05) is 23.3 Å². The first kappa shape index (κ1) is 12.4. The minimum Gasteiger partial charge on any atom is -0.341 e. The van der Waals surface area contributed by atoms with E-state index in [1.807, 2.05) is 0 Å². The fourth-order valence-corrected chi connectivity index (χ4v) is 2.90. The zero-order valence-electron chi connectivity index (χ0n) is 11.1. The molecule has 19 heavy (non-hydrogen) atoms. The Morgan fingerprint density at radius 3 is 2.37 bits per heavy atom. The van der Waals surface area contributed by atoms with Crippen LogP contribution in [-0.2, 0) is 4.79 Å². The van der Waals surface area contributed by atoms with Crippen LogP contribution >= 0.6 is 0 Å². The molecule has 3 rings (SSSR count). The zero-order chi connectivity index (χ0) is 13.1. The molecule has 5 nitrogen and oxygen atoms in total. The van der Waals surface area contributed by atoms with Crippen LogP contribution in [0.15, 0.2) is 12.4 Å². The minimum atomic E-state index is 0.120. The summed E-state index contributed by atoms with van der Waals surface area (Å²) in [4.78, 5) is 22.8. The number of nitrogens with zero attached hydrogens (tertiary/aromatic N) is 3. The minimum absolute atomic E-state index is 0.120. The first-order valence-electron chi connectivity index (χ1n) is 7.21. The average Bonchev–Trinajstić information content (AvgIpc) is 3.13. The monoisotopic (exact) mass is 260 g/mol. The van der Waals surface area contributed by atoms with E-state index in [-0.39, 0.29) is 11.8 Å². The van der Waals surface area contributed by atoms with Gasteiger partial charge in [0.2, 0.25) is 11.9 Å². The molecule has 5 heteroatoms. The number of carbonyl (C=O) groups excluding carboxylic acids is 1. The van der Waals surface area contributed by atoms with Gasteiger partial charge in [-0.2, -0.15) is 0 Å². The second-order valence-corrected chi connectivity index (χ2v) is 5.44. The summed E-state index contributed by atoms with van der Waals surface area (Å²) in [5.74, 6) is 1.07. The summed E-state index contributed by atoms with van der Waals surface area (Å²) >= 11 is 0. The Kier molecular flexibility index (Phi) is 3.62. The molecule has 2 fully saturated rings. The zero-order valence-corrected chi connectivity index (χ0v) is 11.1. The van der Waals surface area contributed by atoms with Crippen molar-refractivity contribution in [3.05, 3.63) is 12.4 Å². The highest BCUT2D eigenvalue weighted by Crippen LogP contribution is 2.26. The van der Waals surface area contributed by atoms with Gasteiger partial charge >= 0.3 is 0 Å². The van der Waals surface area contributed by atoms with Crippen LogP contribution in [0.1, 0.15) is 38.5 Å². The number of carbonyl (C=O) groups is 1. The van der Waals surface area contributed by atoms with E-state index in [1.54, 1.807) is 12.4 Å². The Morgan fingerprint density at radius 1 is 1.11 bits per heavy atom. The second kappa shape index (κ2) is 5.55. The van der Waals surface area contributed by atoms with E-state index in [1.165, 1.54) is 25.7 Å². The van der Waals surface area contributed by atoms with E-state index in [4.69, 9.17) is 0 Å². The van der Waals surface area contributed by atoms with Crippen LogP contribution in [-0.4, -0.2) is 29.0 Å². The van der Waals surface area contributed by atoms with Crippen LogP contribution in [0.4, 0.5) is 11.6 Å². The van der Waals surface area contributed by atoms with Crippen LogP contribution < -0.4 is 10.2 Å². The normalized spacial score (nSPS) is 19.9. The predicted octanol–water partition coefficient (Wildman–Crippen LogP) is 2.21. The highest BCUT2D eigenvalue weighted by molar-refractivity contribution is 5.92. The van der Waals surface area contributed by atoms with Crippen molar-refractivity contribution in [3.63, 3.8) is 0 Å². The van der Waals surface area contributed by atoms with E-state index in [2.05, 4.69) is 20.2 Å². The van der Waals surface area contributed by atoms with Gasteiger partial charge in [-0.1, -0.05) is 12.8 Å². The molecule has 0 radical (unpaired) electrons. The fourth-order valence-electron chi connectivity index (χ4n) is 2.90. The highest BCUT2D eigenvalue weighted by Gasteiger charge is 2.22. The first-order valence-corrected chi connectivity index (χ1v) is 7.21. The second-order valence-electron chi connectivity index (χ2n) is 5.44. The molecule has 0 aromatic carbocycles. The lowest BCUT2D eigenvalue weighted by atomic mass is 10.1. The SMILES string of the molecule is O=C(Nc1cnc(N2CCCC2)nc1)C1CCCC1. The van der Waals surface area contributed by atoms with Crippen LogP contribution in [0.3, 0.4) is 0 Å². The number of anilines is 2. The Labute approximate surface area is 113 Å². The van der Waals surface area contributed by atoms with Gasteiger partial charge in [0, 0.05) is 19.0 Å². The van der Waals surface area contributed by atoms with E-state index in [0.29, 0.717) is 5.69 Å². The lowest BCUT2D eigenvalue weighted by molar-refractivity contribution is -0.119. The molecule has 0 bridgehead atoms. The molecule has 1 saturated carbocycles. The average molecular weight is 260 g/mol. The molecule has 1 saturated heterocycles. The maximum absolute atomic E-state index is 12.0. The lowest BCUT2D eigenvalue weighted by Crippen LogP contribution is -2.22. The third kappa shape index (κ3) is 2.85. The summed E-state index contributed by atoms with van der Waals surface area (Å²) in [7, 11) is 0. The van der Waals surface area contributed by atoms with Crippen LogP contribution in [0, 0.1) is 5.92 Å². The topological polar surface area (TPSA) is 58.1 Å². The van der Waals surface area contributed by atoms with Gasteiger partial charge in [-0.3, -0.25) is 4.79 Å². The van der Waals surface area contributed by atoms with Gasteiger partial charge in [-0.15, -0.1) is 0 Å². The Hall–Kier alpha value is -1.65. The van der Waals surface area contributed by atoms with Gasteiger partial charge < -0.3 is 10.2 Å². The molecule has 0 unspecified atom stereocenters. The van der Waals surface area contributed by atoms with Crippen LogP contribution in [0.2, 0.25) is 0 Å². The lowest BCUT2D eigenvalue weighted by Gasteiger charge is -2.15. The first-order chi connectivity index (χ1) is 9.33. The van der Waals surface area contributed by atoms with Crippen molar-refractivity contribution in [1.82, 2.24) is 9.97 Å². The number of nitrogens with one attached hydrogen (secondary N) is 1. The van der Waals surface area contributed by atoms with Crippen molar-refractivity contribution in [2.24, 2.45) is 5.92 Å². The van der Waals surface area contributed by atoms with Gasteiger partial charge in [0.15, 0.2) is 0 Å². The number of aromatic nitrogens is 2. The quantitative estimate of drug-likeness (QED) is 0.905. The van der Waals surface area contributed by atoms with Gasteiger partial charge in [0.1, 0.15) is 0 Å². The van der Waals surface area contributed by atoms with Crippen molar-refractivity contribution >= 4 is 17.5 Å². The molecule has 1 N–H and O–H groups in total. The number of hydrogen-bond donors (Lipinski definition) is 1. The number of hydrogen-bond acceptors (Lipinski definition) is 4. The van der Waals surface area contributed by atoms with Gasteiger partial charge in [0.05, 0.1) is 18.1 Å². The van der Waals surface area contributed by atoms with E-state index in [9.17, 15) is 4.79 Å². The Balaban J connectivity index is 1.60. The molecule has 2 aliphatic rings. The molecule has 1 aromatic heterocycles. The van der Waals surface area contributed by atoms with Gasteiger partial charge in [0.25, 0.3) is 0 Å². The molecular formula is C14H20N4O. The van der Waals surface area contributed by atoms with E-state index < -0.39 is 0 Å². The van der Waals surface area contributed by atoms with E-state index >= 15 is 0 Å². The Bertz CT molecular complexity index is 433. The molecule has 0 atom stereocenters. The van der Waals surface area contributed by atoms with Crippen molar-refractivity contribution in [2.45, 2.75) is 38.5 Å². The summed E-state index contributed by atoms with van der Waals surface area (Å²) in [5, 5.41) is 2.92. The van der Waals surface area contributed by atoms with E-state index in [0.717, 1.165) is 31.9 Å². The third-order valence-corrected chi connectivity index (χ3v) is 4.02. The molecule has 102 valence electrons. The standard InChI is InChI=1S/C14H20N4O/c19-13(11-5-1-2-6-11)17-12-9-15-14(16-10-12)18-7-3-4-8-18/h9-11H,1-8H2,(H,17,19). The summed E-state index contributed by atoms with van der Waals surface area (Å²) in [6, 6.07) is 0. The van der Waals surface area contributed by atoms with Gasteiger partial charge in [-0.05, 0) is 25.7 Å². The molecule has 1 amide bonds. The van der Waals surface area contributed by atoms with Crippen LogP contribution in [0.25, 0.3) is 0 Å². The smallest absolute Gasteiger partial charge is 0.227 e. The summed E-state index contributed by atoms with van der Waals surface area (Å²) < 4.78 is 0. The largest absolute Gasteiger partial charge is 0.341 e. The van der Waals surface area contributed by atoms with Crippen molar-refractivity contribution in [1.29, 1.82) is 0 Å². The highest BCUT2D eigenvalue weighted by atomic mass is 16.1. The molecule has 1 aliphatic carbocycles. The molecule has 1 aromatic rings. The maximum Gasteiger partial charge on any atom is 0.227 e. The molecule has 0 spiro atoms. The van der Waals surface area contributed by atoms with Crippen molar-refractivity contribution in [3.8, 4) is 0 Å². The summed E-state index contributed by atoms with van der Waals surface area (Å²) in [6.07, 6.45) is 10.2. The predicted molar refractivity (Wildman–Crippen MR) is 74.1 cm³/mol. The maximum atomic E-state index is 12.0. The molecule has 1 aliphatic heterocycles. The number of amides is 1. The van der Waals surface area contributed by atoms with Crippen LogP contribution in [0.5, 0.6) is 0 Å². The number of rotatable bonds is 3. The molecule has 2 heterocycles. The summed E-state index contributed by atoms with van der Waals surface area (Å²) in [5.41, 5.74) is 0.708. The third-order valence-electron chi connectivity index (χ3n) is 4.02. The Morgan fingerprint density at radius 2 is 1.74 bits per heavy atom. The van der Waals surface area contributed by atoms with Gasteiger partial charge in [-0.25, -0.2) is 9.97 Å².